The second-order valence-electron chi connectivity index (χ2n) is 3.65. The van der Waals surface area contributed by atoms with Gasteiger partial charge in [-0.3, -0.25) is 0 Å². The summed E-state index contributed by atoms with van der Waals surface area (Å²) in [5, 5.41) is 5.34. The van der Waals surface area contributed by atoms with Crippen LogP contribution >= 0.6 is 11.3 Å². The predicted octanol–water partition coefficient (Wildman–Crippen LogP) is 2.60. The van der Waals surface area contributed by atoms with Crippen molar-refractivity contribution in [1.82, 2.24) is 14.6 Å². The van der Waals surface area contributed by atoms with Crippen LogP contribution in [0.3, 0.4) is 0 Å². The van der Waals surface area contributed by atoms with Crippen molar-refractivity contribution in [3.05, 3.63) is 41.5 Å². The molecule has 4 nitrogen and oxygen atoms in total. The van der Waals surface area contributed by atoms with Crippen LogP contribution in [0.15, 0.2) is 36.5 Å². The molecule has 0 saturated carbocycles. The van der Waals surface area contributed by atoms with E-state index in [2.05, 4.69) is 10.1 Å². The van der Waals surface area contributed by atoms with Gasteiger partial charge in [-0.05, 0) is 0 Å². The van der Waals surface area contributed by atoms with Crippen LogP contribution in [0.25, 0.3) is 16.2 Å². The maximum absolute atomic E-state index is 5.05. The molecule has 0 aliphatic carbocycles. The van der Waals surface area contributed by atoms with Crippen molar-refractivity contribution in [2.45, 2.75) is 6.61 Å². The minimum absolute atomic E-state index is 0.536. The Labute approximate surface area is 102 Å². The third-order valence-corrected chi connectivity index (χ3v) is 3.32. The Morgan fingerprint density at radius 1 is 1.29 bits per heavy atom. The van der Waals surface area contributed by atoms with Gasteiger partial charge in [-0.25, -0.2) is 9.50 Å². The van der Waals surface area contributed by atoms with E-state index in [1.54, 1.807) is 23.0 Å². The van der Waals surface area contributed by atoms with E-state index in [-0.39, 0.29) is 0 Å². The molecule has 0 atom stereocenters. The Morgan fingerprint density at radius 2 is 2.12 bits per heavy atom. The van der Waals surface area contributed by atoms with Gasteiger partial charge in [0.15, 0.2) is 0 Å². The number of fused-ring (bicyclic) bond motifs is 1. The SMILES string of the molecule is COCc1nn2cc(-c3ccccc3)nc2s1. The van der Waals surface area contributed by atoms with Crippen LogP contribution in [0.4, 0.5) is 0 Å². The van der Waals surface area contributed by atoms with Crippen LogP contribution in [0, 0.1) is 0 Å². The van der Waals surface area contributed by atoms with Crippen LogP contribution in [0.5, 0.6) is 0 Å². The lowest BCUT2D eigenvalue weighted by molar-refractivity contribution is 0.183. The zero-order valence-electron chi connectivity index (χ0n) is 9.33. The minimum atomic E-state index is 0.536. The Kier molecular flexibility index (Phi) is 2.62. The Hall–Kier alpha value is -1.72. The summed E-state index contributed by atoms with van der Waals surface area (Å²) in [5.41, 5.74) is 2.06. The van der Waals surface area contributed by atoms with Gasteiger partial charge in [-0.2, -0.15) is 5.10 Å². The second kappa shape index (κ2) is 4.27. The Balaban J connectivity index is 2.01. The fourth-order valence-electron chi connectivity index (χ4n) is 1.67. The zero-order chi connectivity index (χ0) is 11.7. The molecule has 0 saturated heterocycles. The molecule has 0 amide bonds. The van der Waals surface area contributed by atoms with Crippen LogP contribution in [-0.4, -0.2) is 21.7 Å². The summed E-state index contributed by atoms with van der Waals surface area (Å²) in [7, 11) is 1.67. The molecule has 0 bridgehead atoms. The summed E-state index contributed by atoms with van der Waals surface area (Å²) in [6.07, 6.45) is 1.94. The third-order valence-electron chi connectivity index (χ3n) is 2.42. The largest absolute Gasteiger partial charge is 0.377 e. The normalized spacial score (nSPS) is 11.1. The average Bonchev–Trinajstić information content (AvgIpc) is 2.88. The lowest BCUT2D eigenvalue weighted by Crippen LogP contribution is -1.88. The molecule has 3 rings (SSSR count). The lowest BCUT2D eigenvalue weighted by Gasteiger charge is -1.93. The first-order valence-corrected chi connectivity index (χ1v) is 6.08. The molecule has 0 fully saturated rings. The molecule has 0 radical (unpaired) electrons. The summed E-state index contributed by atoms with van der Waals surface area (Å²) in [4.78, 5) is 5.45. The van der Waals surface area contributed by atoms with Crippen LogP contribution in [0.1, 0.15) is 5.01 Å². The van der Waals surface area contributed by atoms with Crippen molar-refractivity contribution >= 4 is 16.3 Å². The maximum atomic E-state index is 5.05. The summed E-state index contributed by atoms with van der Waals surface area (Å²) in [6, 6.07) is 10.1. The van der Waals surface area contributed by atoms with Gasteiger partial charge in [0.05, 0.1) is 18.5 Å². The van der Waals surface area contributed by atoms with Crippen molar-refractivity contribution in [2.75, 3.05) is 7.11 Å². The number of methoxy groups -OCH3 is 1. The first-order valence-electron chi connectivity index (χ1n) is 5.26. The quantitative estimate of drug-likeness (QED) is 0.712. The average molecular weight is 245 g/mol. The first-order chi connectivity index (χ1) is 8.36. The van der Waals surface area contributed by atoms with Crippen molar-refractivity contribution in [1.29, 1.82) is 0 Å². The van der Waals surface area contributed by atoms with E-state index in [0.717, 1.165) is 21.2 Å². The molecule has 5 heteroatoms. The van der Waals surface area contributed by atoms with E-state index >= 15 is 0 Å². The van der Waals surface area contributed by atoms with Gasteiger partial charge in [-0.1, -0.05) is 41.7 Å². The molecule has 0 spiro atoms. The molecule has 0 unspecified atom stereocenters. The summed E-state index contributed by atoms with van der Waals surface area (Å²) >= 11 is 1.55. The molecule has 0 aliphatic heterocycles. The molecule has 17 heavy (non-hydrogen) atoms. The number of hydrogen-bond acceptors (Lipinski definition) is 4. The molecule has 1 aromatic carbocycles. The highest BCUT2D eigenvalue weighted by Gasteiger charge is 2.08. The van der Waals surface area contributed by atoms with Crippen LogP contribution < -0.4 is 0 Å². The molecule has 2 aromatic heterocycles. The second-order valence-corrected chi connectivity index (χ2v) is 4.69. The van der Waals surface area contributed by atoms with Crippen molar-refractivity contribution < 1.29 is 4.74 Å². The van der Waals surface area contributed by atoms with E-state index < -0.39 is 0 Å². The highest BCUT2D eigenvalue weighted by molar-refractivity contribution is 7.16. The minimum Gasteiger partial charge on any atom is -0.377 e. The number of benzene rings is 1. The summed E-state index contributed by atoms with van der Waals surface area (Å²) in [6.45, 7) is 0.536. The van der Waals surface area contributed by atoms with E-state index in [4.69, 9.17) is 4.74 Å². The number of aromatic nitrogens is 3. The van der Waals surface area contributed by atoms with E-state index in [9.17, 15) is 0 Å². The fraction of sp³-hybridized carbons (Fsp3) is 0.167. The molecular formula is C12H11N3OS. The van der Waals surface area contributed by atoms with Crippen molar-refractivity contribution in [3.8, 4) is 11.3 Å². The number of nitrogens with zero attached hydrogens (tertiary/aromatic N) is 3. The van der Waals surface area contributed by atoms with Gasteiger partial charge in [0.2, 0.25) is 4.96 Å². The van der Waals surface area contributed by atoms with Gasteiger partial charge in [0.25, 0.3) is 0 Å². The molecule has 0 aliphatic rings. The van der Waals surface area contributed by atoms with Crippen LogP contribution in [0.2, 0.25) is 0 Å². The standard InChI is InChI=1S/C12H11N3OS/c1-16-8-11-14-15-7-10(13-12(15)17-11)9-5-3-2-4-6-9/h2-7H,8H2,1H3. The number of rotatable bonds is 3. The van der Waals surface area contributed by atoms with Crippen molar-refractivity contribution in [3.63, 3.8) is 0 Å². The number of imidazole rings is 1. The number of ether oxygens (including phenoxy) is 1. The zero-order valence-corrected chi connectivity index (χ0v) is 10.1. The highest BCUT2D eigenvalue weighted by atomic mass is 32.1. The van der Waals surface area contributed by atoms with E-state index in [1.807, 2.05) is 36.5 Å². The molecule has 86 valence electrons. The van der Waals surface area contributed by atoms with E-state index in [1.165, 1.54) is 0 Å². The highest BCUT2D eigenvalue weighted by Crippen LogP contribution is 2.22. The summed E-state index contributed by atoms with van der Waals surface area (Å²) < 4.78 is 6.86. The van der Waals surface area contributed by atoms with Crippen molar-refractivity contribution in [2.24, 2.45) is 0 Å². The first kappa shape index (κ1) is 10.4. The molecule has 0 N–H and O–H groups in total. The van der Waals surface area contributed by atoms with Gasteiger partial charge >= 0.3 is 0 Å². The maximum Gasteiger partial charge on any atom is 0.212 e. The fourth-order valence-corrected chi connectivity index (χ4v) is 2.52. The Morgan fingerprint density at radius 3 is 2.82 bits per heavy atom. The van der Waals surface area contributed by atoms with Gasteiger partial charge in [0, 0.05) is 12.7 Å². The van der Waals surface area contributed by atoms with Gasteiger partial charge in [-0.15, -0.1) is 0 Å². The molecule has 2 heterocycles. The van der Waals surface area contributed by atoms with Gasteiger partial charge in [0.1, 0.15) is 5.01 Å². The molecule has 3 aromatic rings. The monoisotopic (exact) mass is 245 g/mol. The van der Waals surface area contributed by atoms with Gasteiger partial charge < -0.3 is 4.74 Å². The van der Waals surface area contributed by atoms with Crippen LogP contribution in [-0.2, 0) is 11.3 Å². The predicted molar refractivity (Wildman–Crippen MR) is 67.0 cm³/mol. The third kappa shape index (κ3) is 1.94. The lowest BCUT2D eigenvalue weighted by atomic mass is 10.2. The number of hydrogen-bond donors (Lipinski definition) is 0. The topological polar surface area (TPSA) is 39.4 Å². The van der Waals surface area contributed by atoms with E-state index in [0.29, 0.717) is 6.61 Å². The Bertz CT molecular complexity index is 598. The molecular weight excluding hydrogens is 234 g/mol. The smallest absolute Gasteiger partial charge is 0.212 e. The summed E-state index contributed by atoms with van der Waals surface area (Å²) in [5.74, 6) is 0.